The van der Waals surface area contributed by atoms with Gasteiger partial charge in [0.25, 0.3) is 0 Å². The number of halogens is 1. The molecule has 0 saturated carbocycles. The molecule has 3 N–H and O–H groups in total. The molecule has 2 aromatic rings. The van der Waals surface area contributed by atoms with Crippen LogP contribution in [0.4, 0.5) is 4.39 Å². The molecule has 0 saturated heterocycles. The van der Waals surface area contributed by atoms with Crippen molar-refractivity contribution < 1.29 is 12.8 Å². The molecule has 106 valence electrons. The van der Waals surface area contributed by atoms with Crippen LogP contribution in [-0.2, 0) is 16.6 Å². The molecule has 0 fully saturated rings. The summed E-state index contributed by atoms with van der Waals surface area (Å²) in [5.41, 5.74) is 5.27. The Balaban J connectivity index is 2.25. The SMILES string of the molecule is NC(=S)c1cc(S(=O)(=O)NCc2cccs2)ccc1F. The van der Waals surface area contributed by atoms with Crippen LogP contribution in [0, 0.1) is 5.82 Å². The molecule has 1 heterocycles. The highest BCUT2D eigenvalue weighted by Gasteiger charge is 2.17. The highest BCUT2D eigenvalue weighted by molar-refractivity contribution is 7.89. The predicted molar refractivity (Wildman–Crippen MR) is 80.6 cm³/mol. The van der Waals surface area contributed by atoms with Crippen molar-refractivity contribution in [2.24, 2.45) is 5.73 Å². The van der Waals surface area contributed by atoms with Gasteiger partial charge in [-0.1, -0.05) is 18.3 Å². The van der Waals surface area contributed by atoms with E-state index in [4.69, 9.17) is 5.73 Å². The Morgan fingerprint density at radius 3 is 2.75 bits per heavy atom. The van der Waals surface area contributed by atoms with E-state index in [0.29, 0.717) is 0 Å². The normalized spacial score (nSPS) is 11.4. The van der Waals surface area contributed by atoms with Crippen molar-refractivity contribution in [1.82, 2.24) is 4.72 Å². The summed E-state index contributed by atoms with van der Waals surface area (Å²) in [5, 5.41) is 1.85. The zero-order chi connectivity index (χ0) is 14.8. The standard InChI is InChI=1S/C12H11FN2O2S3/c13-11-4-3-9(6-10(11)12(14)18)20(16,17)15-7-8-2-1-5-19-8/h1-6,15H,7H2,(H2,14,18). The third-order valence-electron chi connectivity index (χ3n) is 2.53. The zero-order valence-corrected chi connectivity index (χ0v) is 12.6. The molecule has 20 heavy (non-hydrogen) atoms. The third-order valence-corrected chi connectivity index (χ3v) is 5.03. The van der Waals surface area contributed by atoms with Crippen molar-refractivity contribution in [3.63, 3.8) is 0 Å². The number of benzene rings is 1. The number of nitrogens with two attached hydrogens (primary N) is 1. The van der Waals surface area contributed by atoms with E-state index in [0.717, 1.165) is 17.0 Å². The van der Waals surface area contributed by atoms with Gasteiger partial charge < -0.3 is 5.73 Å². The summed E-state index contributed by atoms with van der Waals surface area (Å²) in [6.07, 6.45) is 0. The number of thiocarbonyl (C=S) groups is 1. The quantitative estimate of drug-likeness (QED) is 0.823. The van der Waals surface area contributed by atoms with Gasteiger partial charge >= 0.3 is 0 Å². The van der Waals surface area contributed by atoms with E-state index < -0.39 is 15.8 Å². The maximum atomic E-state index is 13.4. The van der Waals surface area contributed by atoms with Gasteiger partial charge in [0.05, 0.1) is 4.90 Å². The summed E-state index contributed by atoms with van der Waals surface area (Å²) in [6, 6.07) is 6.99. The van der Waals surface area contributed by atoms with E-state index in [1.807, 2.05) is 17.5 Å². The van der Waals surface area contributed by atoms with Crippen LogP contribution >= 0.6 is 23.6 Å². The average molecular weight is 330 g/mol. The van der Waals surface area contributed by atoms with Crippen molar-refractivity contribution in [2.75, 3.05) is 0 Å². The van der Waals surface area contributed by atoms with Crippen LogP contribution in [0.25, 0.3) is 0 Å². The largest absolute Gasteiger partial charge is 0.389 e. The molecule has 8 heteroatoms. The van der Waals surface area contributed by atoms with E-state index in [2.05, 4.69) is 16.9 Å². The maximum absolute atomic E-state index is 13.4. The Bertz CT molecular complexity index is 727. The smallest absolute Gasteiger partial charge is 0.240 e. The van der Waals surface area contributed by atoms with Gasteiger partial charge in [-0.2, -0.15) is 0 Å². The molecule has 4 nitrogen and oxygen atoms in total. The zero-order valence-electron chi connectivity index (χ0n) is 10.2. The fraction of sp³-hybridized carbons (Fsp3) is 0.0833. The van der Waals surface area contributed by atoms with Crippen LogP contribution in [-0.4, -0.2) is 13.4 Å². The summed E-state index contributed by atoms with van der Waals surface area (Å²) in [7, 11) is -3.73. The minimum absolute atomic E-state index is 0.0711. The van der Waals surface area contributed by atoms with Crippen LogP contribution in [0.1, 0.15) is 10.4 Å². The fourth-order valence-corrected chi connectivity index (χ4v) is 3.45. The number of sulfonamides is 1. The first kappa shape index (κ1) is 15.0. The lowest BCUT2D eigenvalue weighted by Gasteiger charge is -2.08. The predicted octanol–water partition coefficient (Wildman–Crippen LogP) is 2.00. The molecule has 0 aliphatic carbocycles. The molecule has 1 aromatic heterocycles. The molecule has 0 radical (unpaired) electrons. The number of thiophene rings is 1. The van der Waals surface area contributed by atoms with Crippen LogP contribution in [0.2, 0.25) is 0 Å². The maximum Gasteiger partial charge on any atom is 0.240 e. The molecule has 0 amide bonds. The summed E-state index contributed by atoms with van der Waals surface area (Å²) in [4.78, 5) is 0.626. The van der Waals surface area contributed by atoms with Crippen molar-refractivity contribution in [3.05, 3.63) is 52.0 Å². The average Bonchev–Trinajstić information content (AvgIpc) is 2.89. The highest BCUT2D eigenvalue weighted by atomic mass is 32.2. The first-order valence-corrected chi connectivity index (χ1v) is 8.28. The minimum atomic E-state index is -3.73. The van der Waals surface area contributed by atoms with Crippen LogP contribution in [0.3, 0.4) is 0 Å². The topological polar surface area (TPSA) is 72.2 Å². The molecule has 0 unspecified atom stereocenters. The molecule has 0 spiro atoms. The Morgan fingerprint density at radius 1 is 1.40 bits per heavy atom. The van der Waals surface area contributed by atoms with Gasteiger partial charge in [-0.05, 0) is 29.6 Å². The van der Waals surface area contributed by atoms with Gasteiger partial charge in [-0.25, -0.2) is 17.5 Å². The first-order valence-electron chi connectivity index (χ1n) is 5.51. The molecule has 0 bridgehead atoms. The number of hydrogen-bond donors (Lipinski definition) is 2. The van der Waals surface area contributed by atoms with Crippen molar-refractivity contribution >= 4 is 38.6 Å². The van der Waals surface area contributed by atoms with Crippen LogP contribution in [0.15, 0.2) is 40.6 Å². The molecular formula is C12H11FN2O2S3. The van der Waals surface area contributed by atoms with E-state index in [9.17, 15) is 12.8 Å². The lowest BCUT2D eigenvalue weighted by Crippen LogP contribution is -2.23. The number of rotatable bonds is 5. The monoisotopic (exact) mass is 330 g/mol. The second-order valence-electron chi connectivity index (χ2n) is 3.91. The van der Waals surface area contributed by atoms with Crippen LogP contribution in [0.5, 0.6) is 0 Å². The third kappa shape index (κ3) is 3.40. The molecule has 1 aromatic carbocycles. The minimum Gasteiger partial charge on any atom is -0.389 e. The lowest BCUT2D eigenvalue weighted by molar-refractivity contribution is 0.580. The second-order valence-corrected chi connectivity index (χ2v) is 7.15. The second kappa shape index (κ2) is 5.96. The van der Waals surface area contributed by atoms with E-state index in [1.54, 1.807) is 0 Å². The molecule has 0 atom stereocenters. The number of nitrogens with one attached hydrogen (secondary N) is 1. The van der Waals surface area contributed by atoms with Crippen molar-refractivity contribution in [1.29, 1.82) is 0 Å². The molecule has 0 aliphatic heterocycles. The molecular weight excluding hydrogens is 319 g/mol. The Morgan fingerprint density at radius 2 is 2.15 bits per heavy atom. The van der Waals surface area contributed by atoms with Crippen molar-refractivity contribution in [3.8, 4) is 0 Å². The highest BCUT2D eigenvalue weighted by Crippen LogP contribution is 2.16. The Kier molecular flexibility index (Phi) is 4.48. The van der Waals surface area contributed by atoms with Gasteiger partial charge in [-0.3, -0.25) is 0 Å². The summed E-state index contributed by atoms with van der Waals surface area (Å²) in [5.74, 6) is -0.644. The van der Waals surface area contributed by atoms with Gasteiger partial charge in [0.15, 0.2) is 0 Å². The van der Waals surface area contributed by atoms with Crippen molar-refractivity contribution in [2.45, 2.75) is 11.4 Å². The van der Waals surface area contributed by atoms with Crippen LogP contribution < -0.4 is 10.5 Å². The summed E-state index contributed by atoms with van der Waals surface area (Å²) >= 11 is 6.13. The summed E-state index contributed by atoms with van der Waals surface area (Å²) < 4.78 is 40.1. The fourth-order valence-electron chi connectivity index (χ4n) is 1.52. The van der Waals surface area contributed by atoms with Gasteiger partial charge in [0, 0.05) is 17.0 Å². The number of hydrogen-bond acceptors (Lipinski definition) is 4. The lowest BCUT2D eigenvalue weighted by atomic mass is 10.2. The molecule has 0 aliphatic rings. The Labute approximate surface area is 125 Å². The first-order chi connectivity index (χ1) is 9.40. The van der Waals surface area contributed by atoms with E-state index in [1.165, 1.54) is 17.4 Å². The van der Waals surface area contributed by atoms with Gasteiger partial charge in [0.2, 0.25) is 10.0 Å². The van der Waals surface area contributed by atoms with Gasteiger partial charge in [0.1, 0.15) is 10.8 Å². The van der Waals surface area contributed by atoms with E-state index >= 15 is 0 Å². The molecule has 2 rings (SSSR count). The summed E-state index contributed by atoms with van der Waals surface area (Å²) in [6.45, 7) is 0.180. The van der Waals surface area contributed by atoms with Gasteiger partial charge in [-0.15, -0.1) is 11.3 Å². The van der Waals surface area contributed by atoms with E-state index in [-0.39, 0.29) is 22.0 Å². The Hall–Kier alpha value is -1.35.